The molecule has 0 bridgehead atoms. The average molecular weight is 517 g/mol. The van der Waals surface area contributed by atoms with Crippen molar-refractivity contribution < 1.29 is 19.2 Å². The van der Waals surface area contributed by atoms with Gasteiger partial charge >= 0.3 is 0 Å². The van der Waals surface area contributed by atoms with Gasteiger partial charge in [-0.2, -0.15) is 5.26 Å². The predicted octanol–water partition coefficient (Wildman–Crippen LogP) is 0.637. The zero-order valence-corrected chi connectivity index (χ0v) is 21.3. The highest BCUT2D eigenvalue weighted by Crippen LogP contribution is 2.43. The highest BCUT2D eigenvalue weighted by Gasteiger charge is 2.46. The molecule has 1 aliphatic heterocycles. The van der Waals surface area contributed by atoms with Crippen molar-refractivity contribution in [2.75, 3.05) is 13.1 Å². The number of carbonyl (C=O) groups excluding carboxylic acids is 4. The third-order valence-electron chi connectivity index (χ3n) is 7.72. The minimum Gasteiger partial charge on any atom is -0.369 e. The topological polar surface area (TPSA) is 185 Å². The molecule has 0 aromatic heterocycles. The maximum atomic E-state index is 13.5. The summed E-state index contributed by atoms with van der Waals surface area (Å²) in [5.41, 5.74) is 19.4. The number of fused-ring (bicyclic) bond motifs is 2. The van der Waals surface area contributed by atoms with Crippen LogP contribution in [0.2, 0.25) is 0 Å². The fraction of sp³-hybridized carbons (Fsp3) is 0.393. The SMILES string of the molecule is C[C@H](CC1(C(N)=O)c2ccc(C(N)=O)cc2CCc2cc(C(N)=O)ccc21)NCC(=O)N1CCC[C@H]1C#N. The first-order valence-corrected chi connectivity index (χ1v) is 12.7. The molecular weight excluding hydrogens is 484 g/mol. The summed E-state index contributed by atoms with van der Waals surface area (Å²) in [6.07, 6.45) is 2.65. The van der Waals surface area contributed by atoms with E-state index < -0.39 is 29.2 Å². The van der Waals surface area contributed by atoms with Gasteiger partial charge in [0.2, 0.25) is 23.6 Å². The molecule has 2 aromatic carbocycles. The van der Waals surface area contributed by atoms with Crippen molar-refractivity contribution in [3.8, 4) is 6.07 Å². The fourth-order valence-corrected chi connectivity index (χ4v) is 5.83. The molecule has 38 heavy (non-hydrogen) atoms. The number of amides is 4. The summed E-state index contributed by atoms with van der Waals surface area (Å²) in [6, 6.07) is 11.4. The number of nitriles is 1. The predicted molar refractivity (Wildman–Crippen MR) is 140 cm³/mol. The van der Waals surface area contributed by atoms with Crippen LogP contribution in [-0.2, 0) is 27.8 Å². The minimum atomic E-state index is -1.31. The second-order valence-corrected chi connectivity index (χ2v) is 10.1. The van der Waals surface area contributed by atoms with Gasteiger partial charge in [-0.05, 0) is 85.5 Å². The Kier molecular flexibility index (Phi) is 7.51. The maximum absolute atomic E-state index is 13.5. The lowest BCUT2D eigenvalue weighted by Crippen LogP contribution is -2.49. The Bertz CT molecular complexity index is 1280. The van der Waals surface area contributed by atoms with Gasteiger partial charge in [-0.1, -0.05) is 12.1 Å². The second-order valence-electron chi connectivity index (χ2n) is 10.1. The number of nitrogens with two attached hydrogens (primary N) is 3. The van der Waals surface area contributed by atoms with E-state index in [0.717, 1.165) is 17.5 Å². The first-order valence-electron chi connectivity index (χ1n) is 12.7. The lowest BCUT2D eigenvalue weighted by Gasteiger charge is -2.36. The summed E-state index contributed by atoms with van der Waals surface area (Å²) >= 11 is 0. The van der Waals surface area contributed by atoms with Crippen molar-refractivity contribution in [1.82, 2.24) is 10.2 Å². The maximum Gasteiger partial charge on any atom is 0.248 e. The number of rotatable bonds is 8. The van der Waals surface area contributed by atoms with Crippen molar-refractivity contribution >= 4 is 23.6 Å². The largest absolute Gasteiger partial charge is 0.369 e. The monoisotopic (exact) mass is 516 g/mol. The molecule has 198 valence electrons. The van der Waals surface area contributed by atoms with Gasteiger partial charge in [0.05, 0.1) is 12.6 Å². The van der Waals surface area contributed by atoms with Crippen molar-refractivity contribution in [3.05, 3.63) is 69.8 Å². The van der Waals surface area contributed by atoms with E-state index in [1.807, 2.05) is 6.92 Å². The molecular formula is C28H32N6O4. The first-order chi connectivity index (χ1) is 18.1. The minimum absolute atomic E-state index is 0.00906. The van der Waals surface area contributed by atoms with Crippen molar-refractivity contribution in [1.29, 1.82) is 5.26 Å². The Balaban J connectivity index is 1.74. The van der Waals surface area contributed by atoms with Crippen LogP contribution in [0.1, 0.15) is 69.2 Å². The molecule has 2 atom stereocenters. The molecule has 4 rings (SSSR count). The Hall–Kier alpha value is -4.23. The van der Waals surface area contributed by atoms with Crippen molar-refractivity contribution in [2.24, 2.45) is 17.2 Å². The molecule has 2 aliphatic rings. The van der Waals surface area contributed by atoms with E-state index in [1.54, 1.807) is 41.3 Å². The Morgan fingerprint density at radius 2 is 1.58 bits per heavy atom. The molecule has 1 fully saturated rings. The van der Waals surface area contributed by atoms with Gasteiger partial charge in [-0.15, -0.1) is 0 Å². The third-order valence-corrected chi connectivity index (χ3v) is 7.72. The van der Waals surface area contributed by atoms with Crippen molar-refractivity contribution in [2.45, 2.75) is 56.5 Å². The lowest BCUT2D eigenvalue weighted by molar-refractivity contribution is -0.130. The zero-order valence-electron chi connectivity index (χ0n) is 21.3. The molecule has 0 radical (unpaired) electrons. The van der Waals surface area contributed by atoms with E-state index in [-0.39, 0.29) is 24.9 Å². The Morgan fingerprint density at radius 1 is 1.03 bits per heavy atom. The van der Waals surface area contributed by atoms with E-state index in [0.29, 0.717) is 48.1 Å². The number of hydrogen-bond acceptors (Lipinski definition) is 6. The molecule has 4 amide bonds. The molecule has 10 heteroatoms. The van der Waals surface area contributed by atoms with Gasteiger partial charge in [-0.3, -0.25) is 19.2 Å². The van der Waals surface area contributed by atoms with Gasteiger partial charge in [0.25, 0.3) is 0 Å². The molecule has 1 aliphatic carbocycles. The van der Waals surface area contributed by atoms with E-state index in [2.05, 4.69) is 11.4 Å². The van der Waals surface area contributed by atoms with Crippen LogP contribution in [0.25, 0.3) is 0 Å². The van der Waals surface area contributed by atoms with Crippen LogP contribution in [0.3, 0.4) is 0 Å². The van der Waals surface area contributed by atoms with E-state index >= 15 is 0 Å². The lowest BCUT2D eigenvalue weighted by atomic mass is 9.68. The standard InChI is InChI=1S/C28H32N6O4/c1-16(33-15-24(35)34-10-2-3-21(34)14-29)13-28(27(32)38)22-8-6-19(25(30)36)11-17(22)4-5-18-12-20(26(31)37)7-9-23(18)28/h6-9,11-12,16,21,33H,2-5,10,13,15H2,1H3,(H2,30,36)(H2,31,37)(H2,32,38)/t16-,21+/m1/s1. The molecule has 1 heterocycles. The Labute approximate surface area is 221 Å². The summed E-state index contributed by atoms with van der Waals surface area (Å²) in [5, 5.41) is 12.5. The quantitative estimate of drug-likeness (QED) is 0.399. The smallest absolute Gasteiger partial charge is 0.248 e. The molecule has 2 aromatic rings. The van der Waals surface area contributed by atoms with E-state index in [9.17, 15) is 24.4 Å². The number of nitrogens with one attached hydrogen (secondary N) is 1. The Morgan fingerprint density at radius 3 is 2.05 bits per heavy atom. The van der Waals surface area contributed by atoms with E-state index in [4.69, 9.17) is 17.2 Å². The number of benzene rings is 2. The molecule has 10 nitrogen and oxygen atoms in total. The summed E-state index contributed by atoms with van der Waals surface area (Å²) in [5.74, 6) is -1.93. The van der Waals surface area contributed by atoms with Crippen LogP contribution in [0.4, 0.5) is 0 Å². The van der Waals surface area contributed by atoms with Gasteiger partial charge in [-0.25, -0.2) is 0 Å². The first kappa shape index (κ1) is 26.8. The number of primary amides is 3. The molecule has 0 unspecified atom stereocenters. The van der Waals surface area contributed by atoms with Crippen molar-refractivity contribution in [3.63, 3.8) is 0 Å². The van der Waals surface area contributed by atoms with Crippen LogP contribution >= 0.6 is 0 Å². The number of aryl methyl sites for hydroxylation is 2. The fourth-order valence-electron chi connectivity index (χ4n) is 5.83. The third kappa shape index (κ3) is 4.85. The molecule has 0 saturated carbocycles. The second kappa shape index (κ2) is 10.6. The van der Waals surface area contributed by atoms with Crippen LogP contribution in [0.5, 0.6) is 0 Å². The number of likely N-dealkylation sites (tertiary alicyclic amines) is 1. The summed E-state index contributed by atoms with van der Waals surface area (Å²) in [6.45, 7) is 2.42. The van der Waals surface area contributed by atoms with Gasteiger partial charge in [0.1, 0.15) is 11.5 Å². The molecule has 1 saturated heterocycles. The highest BCUT2D eigenvalue weighted by atomic mass is 16.2. The number of nitrogens with zero attached hydrogens (tertiary/aromatic N) is 2. The highest BCUT2D eigenvalue weighted by molar-refractivity contribution is 5.96. The normalized spacial score (nSPS) is 18.4. The summed E-state index contributed by atoms with van der Waals surface area (Å²) < 4.78 is 0. The van der Waals surface area contributed by atoms with Crippen LogP contribution < -0.4 is 22.5 Å². The van der Waals surface area contributed by atoms with Crippen LogP contribution in [0.15, 0.2) is 36.4 Å². The summed E-state index contributed by atoms with van der Waals surface area (Å²) in [4.78, 5) is 51.6. The van der Waals surface area contributed by atoms with Gasteiger partial charge < -0.3 is 27.4 Å². The zero-order chi connectivity index (χ0) is 27.6. The average Bonchev–Trinajstić information content (AvgIpc) is 3.33. The molecule has 0 spiro atoms. The number of hydrogen-bond donors (Lipinski definition) is 4. The van der Waals surface area contributed by atoms with Crippen LogP contribution in [0, 0.1) is 11.3 Å². The van der Waals surface area contributed by atoms with E-state index in [1.165, 1.54) is 0 Å². The van der Waals surface area contributed by atoms with Gasteiger partial charge in [0.15, 0.2) is 0 Å². The molecule has 7 N–H and O–H groups in total. The summed E-state index contributed by atoms with van der Waals surface area (Å²) in [7, 11) is 0. The van der Waals surface area contributed by atoms with Gasteiger partial charge in [0, 0.05) is 23.7 Å². The van der Waals surface area contributed by atoms with Crippen LogP contribution in [-0.4, -0.2) is 53.7 Å². The number of carbonyl (C=O) groups is 4.